The maximum absolute atomic E-state index is 12.7. The zero-order valence-corrected chi connectivity index (χ0v) is 23.3. The molecule has 40 heavy (non-hydrogen) atoms. The molecule has 2 atom stereocenters. The monoisotopic (exact) mass is 566 g/mol. The van der Waals surface area contributed by atoms with Crippen molar-refractivity contribution in [1.29, 1.82) is 0 Å². The van der Waals surface area contributed by atoms with Crippen molar-refractivity contribution in [3.8, 4) is 39.4 Å². The number of nitrogens with zero attached hydrogens (tertiary/aromatic N) is 3. The van der Waals surface area contributed by atoms with Gasteiger partial charge in [0.15, 0.2) is 16.6 Å². The normalized spacial score (nSPS) is 16.5. The van der Waals surface area contributed by atoms with Crippen molar-refractivity contribution in [2.24, 2.45) is 5.92 Å². The zero-order valence-electron chi connectivity index (χ0n) is 22.5. The summed E-state index contributed by atoms with van der Waals surface area (Å²) in [5.74, 6) is 1.64. The van der Waals surface area contributed by atoms with Crippen LogP contribution < -0.4 is 30.6 Å². The van der Waals surface area contributed by atoms with E-state index in [0.717, 1.165) is 12.0 Å². The minimum atomic E-state index is -0.609. The number of benzene rings is 2. The lowest BCUT2D eigenvalue weighted by Crippen LogP contribution is -2.28. The predicted molar refractivity (Wildman–Crippen MR) is 151 cm³/mol. The standard InChI is InChI=1S/C27H30N6O6S/c1-13-8-9-14(29-25(35)16-6-5-7-18(16)34)10-17(13)24-32-26(39-33-24)22-23(28)31-27(40-22)30-15-11-19(36-2)21(38-4)20(12-15)37-3/h8-12,16,18,34H,5-7,28H2,1-4H3,(H,29,35)(H,30,31)/t16-,18+/m0/s1. The smallest absolute Gasteiger partial charge is 0.272 e. The van der Waals surface area contributed by atoms with Crippen molar-refractivity contribution in [2.45, 2.75) is 32.3 Å². The van der Waals surface area contributed by atoms with Crippen molar-refractivity contribution < 1.29 is 28.6 Å². The van der Waals surface area contributed by atoms with Gasteiger partial charge < -0.3 is 40.2 Å². The molecule has 1 saturated carbocycles. The Morgan fingerprint density at radius 1 is 1.07 bits per heavy atom. The molecule has 12 nitrogen and oxygen atoms in total. The summed E-state index contributed by atoms with van der Waals surface area (Å²) in [5, 5.41) is 20.8. The number of methoxy groups -OCH3 is 3. The first-order valence-electron chi connectivity index (χ1n) is 12.6. The minimum Gasteiger partial charge on any atom is -0.493 e. The lowest BCUT2D eigenvalue weighted by Gasteiger charge is -2.15. The molecule has 2 aromatic carbocycles. The largest absolute Gasteiger partial charge is 0.493 e. The van der Waals surface area contributed by atoms with Gasteiger partial charge in [-0.1, -0.05) is 22.6 Å². The number of hydrogen-bond donors (Lipinski definition) is 4. The van der Waals surface area contributed by atoms with Crippen LogP contribution in [0, 0.1) is 12.8 Å². The van der Waals surface area contributed by atoms with E-state index in [1.165, 1.54) is 18.4 Å². The first kappa shape index (κ1) is 27.2. The summed E-state index contributed by atoms with van der Waals surface area (Å²) in [4.78, 5) is 22.1. The Balaban J connectivity index is 1.36. The van der Waals surface area contributed by atoms with Gasteiger partial charge >= 0.3 is 0 Å². The van der Waals surface area contributed by atoms with E-state index >= 15 is 0 Å². The van der Waals surface area contributed by atoms with Crippen molar-refractivity contribution in [1.82, 2.24) is 15.1 Å². The highest BCUT2D eigenvalue weighted by molar-refractivity contribution is 7.19. The highest BCUT2D eigenvalue weighted by Crippen LogP contribution is 2.42. The second-order valence-corrected chi connectivity index (χ2v) is 10.3. The lowest BCUT2D eigenvalue weighted by atomic mass is 10.0. The summed E-state index contributed by atoms with van der Waals surface area (Å²) in [5.41, 5.74) is 9.04. The van der Waals surface area contributed by atoms with Gasteiger partial charge in [-0.3, -0.25) is 4.79 Å². The molecule has 1 aliphatic rings. The summed E-state index contributed by atoms with van der Waals surface area (Å²) >= 11 is 1.25. The number of rotatable bonds is 9. The predicted octanol–water partition coefficient (Wildman–Crippen LogP) is 4.62. The number of hydrogen-bond acceptors (Lipinski definition) is 12. The molecule has 0 unspecified atom stereocenters. The second kappa shape index (κ2) is 11.4. The third kappa shape index (κ3) is 5.38. The summed E-state index contributed by atoms with van der Waals surface area (Å²) < 4.78 is 21.8. The fourth-order valence-corrected chi connectivity index (χ4v) is 5.49. The van der Waals surface area contributed by atoms with Crippen molar-refractivity contribution >= 4 is 39.6 Å². The molecule has 4 aromatic rings. The van der Waals surface area contributed by atoms with Gasteiger partial charge in [-0.25, -0.2) is 4.98 Å². The van der Waals surface area contributed by atoms with Gasteiger partial charge in [0.25, 0.3) is 5.89 Å². The maximum Gasteiger partial charge on any atom is 0.272 e. The van der Waals surface area contributed by atoms with E-state index in [2.05, 4.69) is 25.8 Å². The van der Waals surface area contributed by atoms with Gasteiger partial charge in [0.05, 0.1) is 33.4 Å². The summed E-state index contributed by atoms with van der Waals surface area (Å²) in [6.45, 7) is 1.91. The first-order chi connectivity index (χ1) is 19.3. The molecule has 2 heterocycles. The van der Waals surface area contributed by atoms with Crippen LogP contribution >= 0.6 is 11.3 Å². The van der Waals surface area contributed by atoms with E-state index in [1.807, 2.05) is 13.0 Å². The molecule has 2 aromatic heterocycles. The van der Waals surface area contributed by atoms with E-state index in [-0.39, 0.29) is 17.6 Å². The van der Waals surface area contributed by atoms with Gasteiger partial charge in [-0.2, -0.15) is 4.98 Å². The van der Waals surface area contributed by atoms with E-state index in [0.29, 0.717) is 62.9 Å². The number of anilines is 4. The van der Waals surface area contributed by atoms with Gasteiger partial charge in [0.2, 0.25) is 17.5 Å². The van der Waals surface area contributed by atoms with Crippen LogP contribution in [0.15, 0.2) is 34.9 Å². The third-order valence-corrected chi connectivity index (χ3v) is 7.73. The molecule has 1 aliphatic carbocycles. The van der Waals surface area contributed by atoms with Crippen LogP contribution in [0.5, 0.6) is 17.2 Å². The second-order valence-electron chi connectivity index (χ2n) is 9.32. The minimum absolute atomic E-state index is 0.196. The molecule has 5 rings (SSSR count). The number of nitrogen functional groups attached to an aromatic ring is 1. The number of thiazole rings is 1. The van der Waals surface area contributed by atoms with E-state index in [9.17, 15) is 9.90 Å². The first-order valence-corrected chi connectivity index (χ1v) is 13.4. The van der Waals surface area contributed by atoms with Crippen molar-refractivity contribution in [2.75, 3.05) is 37.7 Å². The average Bonchev–Trinajstić information content (AvgIpc) is 3.69. The highest BCUT2D eigenvalue weighted by Gasteiger charge is 2.31. The zero-order chi connectivity index (χ0) is 28.4. The van der Waals surface area contributed by atoms with Crippen LogP contribution in [0.25, 0.3) is 22.2 Å². The fraction of sp³-hybridized carbons (Fsp3) is 0.333. The van der Waals surface area contributed by atoms with Gasteiger partial charge in [0, 0.05) is 29.1 Å². The number of nitrogens with two attached hydrogens (primary N) is 1. The Labute approximate surface area is 234 Å². The highest BCUT2D eigenvalue weighted by atomic mass is 32.1. The van der Waals surface area contributed by atoms with E-state index in [4.69, 9.17) is 24.5 Å². The Hall–Kier alpha value is -4.36. The Kier molecular flexibility index (Phi) is 7.76. The number of carbonyl (C=O) groups excluding carboxylic acids is 1. The topological polar surface area (TPSA) is 167 Å². The Morgan fingerprint density at radius 2 is 1.82 bits per heavy atom. The number of aryl methyl sites for hydroxylation is 1. The average molecular weight is 567 g/mol. The molecule has 210 valence electrons. The van der Waals surface area contributed by atoms with Crippen LogP contribution in [0.2, 0.25) is 0 Å². The molecule has 0 aliphatic heterocycles. The van der Waals surface area contributed by atoms with Crippen LogP contribution in [0.3, 0.4) is 0 Å². The molecule has 0 radical (unpaired) electrons. The SMILES string of the molecule is COc1cc(Nc2nc(N)c(-c3nc(-c4cc(NC(=O)[C@H]5CCC[C@H]5O)ccc4C)no3)s2)cc(OC)c1OC. The lowest BCUT2D eigenvalue weighted by molar-refractivity contribution is -0.122. The Morgan fingerprint density at radius 3 is 2.48 bits per heavy atom. The van der Waals surface area contributed by atoms with E-state index in [1.54, 1.807) is 38.5 Å². The van der Waals surface area contributed by atoms with Crippen LogP contribution in [-0.4, -0.2) is 53.6 Å². The molecular weight excluding hydrogens is 536 g/mol. The molecule has 5 N–H and O–H groups in total. The van der Waals surface area contributed by atoms with Crippen LogP contribution in [0.4, 0.5) is 22.3 Å². The van der Waals surface area contributed by atoms with Crippen molar-refractivity contribution in [3.05, 3.63) is 35.9 Å². The molecular formula is C27H30N6O6S. The number of amides is 1. The van der Waals surface area contributed by atoms with E-state index < -0.39 is 12.0 Å². The van der Waals surface area contributed by atoms with Gasteiger partial charge in [-0.05, 0) is 43.9 Å². The fourth-order valence-electron chi connectivity index (χ4n) is 4.66. The number of carbonyl (C=O) groups is 1. The number of aliphatic hydroxyl groups excluding tert-OH is 1. The maximum atomic E-state index is 12.7. The molecule has 1 amide bonds. The summed E-state index contributed by atoms with van der Waals surface area (Å²) in [7, 11) is 4.62. The molecule has 0 saturated heterocycles. The summed E-state index contributed by atoms with van der Waals surface area (Å²) in [6, 6.07) is 8.97. The third-order valence-electron chi connectivity index (χ3n) is 6.75. The summed E-state index contributed by atoms with van der Waals surface area (Å²) in [6.07, 6.45) is 1.54. The molecule has 1 fully saturated rings. The van der Waals surface area contributed by atoms with Gasteiger partial charge in [-0.15, -0.1) is 0 Å². The van der Waals surface area contributed by atoms with Crippen LogP contribution in [0.1, 0.15) is 24.8 Å². The molecule has 0 spiro atoms. The van der Waals surface area contributed by atoms with Crippen molar-refractivity contribution in [3.63, 3.8) is 0 Å². The number of ether oxygens (including phenoxy) is 3. The Bertz CT molecular complexity index is 1510. The quantitative estimate of drug-likeness (QED) is 0.223. The molecule has 0 bridgehead atoms. The number of nitrogens with one attached hydrogen (secondary N) is 2. The van der Waals surface area contributed by atoms with Gasteiger partial charge in [0.1, 0.15) is 10.7 Å². The number of aliphatic hydroxyl groups is 1. The number of aromatic nitrogens is 3. The molecule has 13 heteroatoms. The van der Waals surface area contributed by atoms with Crippen LogP contribution in [-0.2, 0) is 4.79 Å².